The molecule has 0 atom stereocenters. The van der Waals surface area contributed by atoms with Gasteiger partial charge in [-0.2, -0.15) is 8.42 Å². The van der Waals surface area contributed by atoms with Gasteiger partial charge in [0, 0.05) is 13.1 Å². The Balaban J connectivity index is 3.93. The molecule has 0 spiro atoms. The molecule has 0 fully saturated rings. The average molecular weight is 253 g/mol. The van der Waals surface area contributed by atoms with E-state index in [9.17, 15) is 8.42 Å². The molecule has 0 rings (SSSR count). The van der Waals surface area contributed by atoms with Gasteiger partial charge in [-0.1, -0.05) is 19.8 Å². The van der Waals surface area contributed by atoms with Crippen LogP contribution < -0.4 is 0 Å². The minimum absolute atomic E-state index is 0.0182. The zero-order chi connectivity index (χ0) is 12.4. The summed E-state index contributed by atoms with van der Waals surface area (Å²) in [6, 6.07) is 0. The SMILES string of the molecule is CCCCCN(CCO)CCS(=O)(=O)OC. The Morgan fingerprint density at radius 2 is 1.88 bits per heavy atom. The highest BCUT2D eigenvalue weighted by atomic mass is 32.2. The smallest absolute Gasteiger partial charge is 0.268 e. The molecule has 0 aliphatic carbocycles. The summed E-state index contributed by atoms with van der Waals surface area (Å²) in [5, 5.41) is 8.86. The van der Waals surface area contributed by atoms with Crippen molar-refractivity contribution >= 4 is 10.1 Å². The van der Waals surface area contributed by atoms with Crippen LogP contribution in [0.15, 0.2) is 0 Å². The van der Waals surface area contributed by atoms with Crippen molar-refractivity contribution in [1.29, 1.82) is 0 Å². The van der Waals surface area contributed by atoms with Gasteiger partial charge in [-0.05, 0) is 13.0 Å². The summed E-state index contributed by atoms with van der Waals surface area (Å²) >= 11 is 0. The van der Waals surface area contributed by atoms with Gasteiger partial charge >= 0.3 is 0 Å². The van der Waals surface area contributed by atoms with Crippen molar-refractivity contribution in [3.05, 3.63) is 0 Å². The van der Waals surface area contributed by atoms with Crippen molar-refractivity contribution < 1.29 is 17.7 Å². The van der Waals surface area contributed by atoms with Gasteiger partial charge in [0.1, 0.15) is 0 Å². The molecule has 0 amide bonds. The predicted molar refractivity (Wildman–Crippen MR) is 63.8 cm³/mol. The monoisotopic (exact) mass is 253 g/mol. The first-order valence-electron chi connectivity index (χ1n) is 5.67. The van der Waals surface area contributed by atoms with Gasteiger partial charge in [0.25, 0.3) is 10.1 Å². The second-order valence-electron chi connectivity index (χ2n) is 3.70. The third-order valence-corrected chi connectivity index (χ3v) is 3.60. The standard InChI is InChI=1S/C10H23NO4S/c1-3-4-5-6-11(7-9-12)8-10-16(13,14)15-2/h12H,3-10H2,1-2H3. The highest BCUT2D eigenvalue weighted by Crippen LogP contribution is 2.00. The van der Waals surface area contributed by atoms with Gasteiger partial charge in [0.05, 0.1) is 19.5 Å². The molecular formula is C10H23NO4S. The number of nitrogens with zero attached hydrogens (tertiary/aromatic N) is 1. The Morgan fingerprint density at radius 1 is 1.19 bits per heavy atom. The van der Waals surface area contributed by atoms with Crippen molar-refractivity contribution in [2.45, 2.75) is 26.2 Å². The number of unbranched alkanes of at least 4 members (excludes halogenated alkanes) is 2. The van der Waals surface area contributed by atoms with Crippen molar-refractivity contribution in [1.82, 2.24) is 4.90 Å². The molecule has 0 aromatic carbocycles. The third kappa shape index (κ3) is 8.04. The molecule has 0 aromatic rings. The van der Waals surface area contributed by atoms with Crippen LogP contribution in [0.3, 0.4) is 0 Å². The minimum Gasteiger partial charge on any atom is -0.395 e. The molecule has 0 bridgehead atoms. The largest absolute Gasteiger partial charge is 0.395 e. The van der Waals surface area contributed by atoms with Crippen molar-refractivity contribution in [3.63, 3.8) is 0 Å². The lowest BCUT2D eigenvalue weighted by Crippen LogP contribution is -2.33. The van der Waals surface area contributed by atoms with E-state index in [1.165, 1.54) is 7.11 Å². The fraction of sp³-hybridized carbons (Fsp3) is 1.00. The second kappa shape index (κ2) is 8.92. The van der Waals surface area contributed by atoms with Crippen LogP contribution in [0.5, 0.6) is 0 Å². The molecule has 0 aromatic heterocycles. The number of hydrogen-bond donors (Lipinski definition) is 1. The molecule has 98 valence electrons. The van der Waals surface area contributed by atoms with Crippen LogP contribution in [0, 0.1) is 0 Å². The van der Waals surface area contributed by atoms with Crippen LogP contribution in [-0.4, -0.2) is 57.5 Å². The topological polar surface area (TPSA) is 66.8 Å². The van der Waals surface area contributed by atoms with Gasteiger partial charge in [-0.15, -0.1) is 0 Å². The highest BCUT2D eigenvalue weighted by molar-refractivity contribution is 7.86. The van der Waals surface area contributed by atoms with Crippen molar-refractivity contribution in [2.24, 2.45) is 0 Å². The van der Waals surface area contributed by atoms with E-state index in [1.807, 2.05) is 4.90 Å². The van der Waals surface area contributed by atoms with Crippen LogP contribution in [0.25, 0.3) is 0 Å². The second-order valence-corrected chi connectivity index (χ2v) is 5.56. The van der Waals surface area contributed by atoms with E-state index < -0.39 is 10.1 Å². The van der Waals surface area contributed by atoms with Crippen molar-refractivity contribution in [2.75, 3.05) is 39.1 Å². The van der Waals surface area contributed by atoms with E-state index in [0.717, 1.165) is 25.8 Å². The number of aliphatic hydroxyl groups excluding tert-OH is 1. The summed E-state index contributed by atoms with van der Waals surface area (Å²) in [4.78, 5) is 1.95. The molecule has 6 heteroatoms. The van der Waals surface area contributed by atoms with Gasteiger partial charge in [0.2, 0.25) is 0 Å². The zero-order valence-electron chi connectivity index (χ0n) is 10.2. The Kier molecular flexibility index (Phi) is 8.83. The van der Waals surface area contributed by atoms with Gasteiger partial charge < -0.3 is 5.11 Å². The van der Waals surface area contributed by atoms with Crippen LogP contribution in [0.2, 0.25) is 0 Å². The molecule has 16 heavy (non-hydrogen) atoms. The van der Waals surface area contributed by atoms with Gasteiger partial charge in [-0.25, -0.2) is 0 Å². The first-order valence-corrected chi connectivity index (χ1v) is 7.25. The van der Waals surface area contributed by atoms with E-state index in [2.05, 4.69) is 11.1 Å². The minimum atomic E-state index is -3.39. The molecule has 0 heterocycles. The lowest BCUT2D eigenvalue weighted by Gasteiger charge is -2.20. The Labute approximate surface area is 98.5 Å². The summed E-state index contributed by atoms with van der Waals surface area (Å²) in [7, 11) is -2.22. The Morgan fingerprint density at radius 3 is 2.38 bits per heavy atom. The van der Waals surface area contributed by atoms with E-state index in [4.69, 9.17) is 5.11 Å². The highest BCUT2D eigenvalue weighted by Gasteiger charge is 2.12. The quantitative estimate of drug-likeness (QED) is 0.452. The fourth-order valence-electron chi connectivity index (χ4n) is 1.39. The van der Waals surface area contributed by atoms with Crippen LogP contribution in [-0.2, 0) is 14.3 Å². The molecule has 0 aliphatic rings. The fourth-order valence-corrected chi connectivity index (χ4v) is 2.03. The molecule has 0 unspecified atom stereocenters. The van der Waals surface area contributed by atoms with E-state index in [-0.39, 0.29) is 12.4 Å². The van der Waals surface area contributed by atoms with Crippen LogP contribution in [0.1, 0.15) is 26.2 Å². The molecule has 1 N–H and O–H groups in total. The van der Waals surface area contributed by atoms with Crippen molar-refractivity contribution in [3.8, 4) is 0 Å². The average Bonchev–Trinajstić information content (AvgIpc) is 2.26. The number of hydrogen-bond acceptors (Lipinski definition) is 5. The summed E-state index contributed by atoms with van der Waals surface area (Å²) in [6.45, 7) is 3.93. The summed E-state index contributed by atoms with van der Waals surface area (Å²) in [5.74, 6) is -0.0182. The van der Waals surface area contributed by atoms with Gasteiger partial charge in [0.15, 0.2) is 0 Å². The zero-order valence-corrected chi connectivity index (χ0v) is 11.0. The Hall–Kier alpha value is -0.170. The van der Waals surface area contributed by atoms with Crippen LogP contribution >= 0.6 is 0 Å². The molecule has 0 radical (unpaired) electrons. The number of aliphatic hydroxyl groups is 1. The van der Waals surface area contributed by atoms with E-state index in [1.54, 1.807) is 0 Å². The molecule has 0 saturated carbocycles. The van der Waals surface area contributed by atoms with E-state index >= 15 is 0 Å². The Bertz CT molecular complexity index is 254. The lowest BCUT2D eigenvalue weighted by atomic mass is 10.2. The summed E-state index contributed by atoms with van der Waals surface area (Å²) < 4.78 is 26.6. The molecule has 5 nitrogen and oxygen atoms in total. The molecule has 0 aliphatic heterocycles. The molecular weight excluding hydrogens is 230 g/mol. The molecule has 0 saturated heterocycles. The normalized spacial score (nSPS) is 12.2. The third-order valence-electron chi connectivity index (χ3n) is 2.41. The van der Waals surface area contributed by atoms with Gasteiger partial charge in [-0.3, -0.25) is 9.08 Å². The maximum Gasteiger partial charge on any atom is 0.268 e. The first-order chi connectivity index (χ1) is 7.55. The maximum atomic E-state index is 11.1. The van der Waals surface area contributed by atoms with E-state index in [0.29, 0.717) is 13.1 Å². The predicted octanol–water partition coefficient (Wildman–Crippen LogP) is 0.447. The maximum absolute atomic E-state index is 11.1. The number of rotatable bonds is 10. The first kappa shape index (κ1) is 15.8. The lowest BCUT2D eigenvalue weighted by molar-refractivity contribution is 0.199. The van der Waals surface area contributed by atoms with Crippen LogP contribution in [0.4, 0.5) is 0 Å². The summed E-state index contributed by atoms with van der Waals surface area (Å²) in [5.41, 5.74) is 0. The summed E-state index contributed by atoms with van der Waals surface area (Å²) in [6.07, 6.45) is 3.28.